The maximum atomic E-state index is 11.6. The molecule has 102 valence electrons. The molecule has 0 atom stereocenters. The van der Waals surface area contributed by atoms with Crippen molar-refractivity contribution in [2.45, 2.75) is 26.8 Å². The molecule has 0 saturated carbocycles. The standard InChI is InChI=1S/C15H15N3O2/c1-8(2)17-12-13(15(20)14(12)19)18-11-5-4-10(7-16)9(3)6-11/h4-6,8,17-18H,1-3H3. The summed E-state index contributed by atoms with van der Waals surface area (Å²) in [6, 6.07) is 7.31. The number of nitrogens with one attached hydrogen (secondary N) is 2. The van der Waals surface area contributed by atoms with E-state index in [1.54, 1.807) is 18.2 Å². The number of nitrogens with zero attached hydrogens (tertiary/aromatic N) is 1. The van der Waals surface area contributed by atoms with E-state index in [-0.39, 0.29) is 11.7 Å². The molecule has 5 nitrogen and oxygen atoms in total. The molecule has 5 heteroatoms. The van der Waals surface area contributed by atoms with E-state index < -0.39 is 10.9 Å². The number of nitriles is 1. The maximum Gasteiger partial charge on any atom is 0.253 e. The first-order valence-electron chi connectivity index (χ1n) is 6.31. The summed E-state index contributed by atoms with van der Waals surface area (Å²) in [7, 11) is 0. The molecule has 2 N–H and O–H groups in total. The third-order valence-corrected chi connectivity index (χ3v) is 2.96. The van der Waals surface area contributed by atoms with Gasteiger partial charge < -0.3 is 10.6 Å². The van der Waals surface area contributed by atoms with Crippen molar-refractivity contribution in [3.05, 3.63) is 49.8 Å². The molecule has 0 heterocycles. The zero-order valence-corrected chi connectivity index (χ0v) is 11.6. The second-order valence-electron chi connectivity index (χ2n) is 4.97. The largest absolute Gasteiger partial charge is 0.378 e. The summed E-state index contributed by atoms with van der Waals surface area (Å²) < 4.78 is 0. The Labute approximate surface area is 116 Å². The van der Waals surface area contributed by atoms with Crippen LogP contribution >= 0.6 is 0 Å². The molecular weight excluding hydrogens is 254 g/mol. The van der Waals surface area contributed by atoms with Gasteiger partial charge in [-0.1, -0.05) is 0 Å². The molecule has 0 spiro atoms. The molecule has 2 aromatic rings. The minimum absolute atomic E-state index is 0.0709. The van der Waals surface area contributed by atoms with Crippen molar-refractivity contribution >= 4 is 17.1 Å². The SMILES string of the molecule is Cc1cc(Nc2c(NC(C)C)c(=O)c2=O)ccc1C#N. The third-order valence-electron chi connectivity index (χ3n) is 2.96. The highest BCUT2D eigenvalue weighted by Gasteiger charge is 2.21. The topological polar surface area (TPSA) is 82.0 Å². The van der Waals surface area contributed by atoms with Gasteiger partial charge in [0, 0.05) is 11.7 Å². The maximum absolute atomic E-state index is 11.6. The summed E-state index contributed by atoms with van der Waals surface area (Å²) in [5, 5.41) is 14.8. The quantitative estimate of drug-likeness (QED) is 0.830. The van der Waals surface area contributed by atoms with Crippen LogP contribution in [-0.4, -0.2) is 6.04 Å². The summed E-state index contributed by atoms with van der Waals surface area (Å²) in [6.07, 6.45) is 0. The minimum Gasteiger partial charge on any atom is -0.378 e. The van der Waals surface area contributed by atoms with E-state index in [1.807, 2.05) is 20.8 Å². The highest BCUT2D eigenvalue weighted by atomic mass is 16.2. The van der Waals surface area contributed by atoms with Crippen LogP contribution in [0.15, 0.2) is 27.8 Å². The lowest BCUT2D eigenvalue weighted by atomic mass is 10.1. The Bertz CT molecular complexity index is 762. The Morgan fingerprint density at radius 2 is 1.80 bits per heavy atom. The zero-order chi connectivity index (χ0) is 14.9. The molecule has 2 rings (SSSR count). The number of hydrogen-bond donors (Lipinski definition) is 2. The lowest BCUT2D eigenvalue weighted by molar-refractivity contribution is 0.894. The molecule has 0 aliphatic carbocycles. The van der Waals surface area contributed by atoms with Crippen LogP contribution < -0.4 is 21.5 Å². The Balaban J connectivity index is 2.30. The second kappa shape index (κ2) is 5.17. The Hall–Kier alpha value is -2.61. The summed E-state index contributed by atoms with van der Waals surface area (Å²) >= 11 is 0. The van der Waals surface area contributed by atoms with Gasteiger partial charge >= 0.3 is 0 Å². The molecule has 0 aromatic heterocycles. The van der Waals surface area contributed by atoms with Crippen molar-refractivity contribution in [3.63, 3.8) is 0 Å². The van der Waals surface area contributed by atoms with Gasteiger partial charge in [-0.3, -0.25) is 9.59 Å². The number of benzene rings is 1. The average Bonchev–Trinajstić information content (AvgIpc) is 2.42. The first-order chi connectivity index (χ1) is 9.43. The number of rotatable bonds is 4. The monoisotopic (exact) mass is 269 g/mol. The van der Waals surface area contributed by atoms with E-state index >= 15 is 0 Å². The van der Waals surface area contributed by atoms with Crippen LogP contribution in [0.5, 0.6) is 0 Å². The van der Waals surface area contributed by atoms with E-state index in [9.17, 15) is 9.59 Å². The lowest BCUT2D eigenvalue weighted by Gasteiger charge is -2.17. The van der Waals surface area contributed by atoms with Crippen LogP contribution in [-0.2, 0) is 0 Å². The van der Waals surface area contributed by atoms with Crippen molar-refractivity contribution < 1.29 is 0 Å². The summed E-state index contributed by atoms with van der Waals surface area (Å²) in [6.45, 7) is 5.61. The van der Waals surface area contributed by atoms with Crippen molar-refractivity contribution in [1.82, 2.24) is 0 Å². The van der Waals surface area contributed by atoms with Gasteiger partial charge in [0.1, 0.15) is 11.4 Å². The molecule has 0 bridgehead atoms. The normalized spacial score (nSPS) is 10.6. The van der Waals surface area contributed by atoms with Gasteiger partial charge in [-0.2, -0.15) is 5.26 Å². The molecule has 0 aliphatic rings. The van der Waals surface area contributed by atoms with Crippen LogP contribution in [0, 0.1) is 18.3 Å². The van der Waals surface area contributed by atoms with Crippen LogP contribution in [0.2, 0.25) is 0 Å². The predicted octanol–water partition coefficient (Wildman–Crippen LogP) is 2.03. The average molecular weight is 269 g/mol. The first-order valence-corrected chi connectivity index (χ1v) is 6.31. The molecule has 0 amide bonds. The minimum atomic E-state index is -0.518. The Morgan fingerprint density at radius 1 is 1.15 bits per heavy atom. The number of hydrogen-bond acceptors (Lipinski definition) is 5. The molecule has 0 saturated heterocycles. The fourth-order valence-electron chi connectivity index (χ4n) is 1.95. The molecule has 0 aliphatic heterocycles. The summed E-state index contributed by atoms with van der Waals surface area (Å²) in [5.41, 5.74) is 1.68. The summed E-state index contributed by atoms with van der Waals surface area (Å²) in [4.78, 5) is 23.1. The van der Waals surface area contributed by atoms with Crippen LogP contribution in [0.3, 0.4) is 0 Å². The lowest BCUT2D eigenvalue weighted by Crippen LogP contribution is -2.38. The van der Waals surface area contributed by atoms with Crippen LogP contribution in [0.4, 0.5) is 17.1 Å². The van der Waals surface area contributed by atoms with Crippen molar-refractivity contribution in [2.75, 3.05) is 10.6 Å². The van der Waals surface area contributed by atoms with Gasteiger partial charge in [-0.25, -0.2) is 0 Å². The van der Waals surface area contributed by atoms with E-state index in [4.69, 9.17) is 5.26 Å². The first kappa shape index (κ1) is 13.8. The summed E-state index contributed by atoms with van der Waals surface area (Å²) in [5.74, 6) is 0. The third kappa shape index (κ3) is 2.41. The molecule has 0 fully saturated rings. The van der Waals surface area contributed by atoms with Crippen molar-refractivity contribution in [2.24, 2.45) is 0 Å². The van der Waals surface area contributed by atoms with Gasteiger partial charge in [0.05, 0.1) is 11.6 Å². The molecule has 2 aromatic carbocycles. The van der Waals surface area contributed by atoms with E-state index in [0.29, 0.717) is 16.9 Å². The number of anilines is 3. The number of aryl methyl sites for hydroxylation is 1. The molecule has 0 unspecified atom stereocenters. The van der Waals surface area contributed by atoms with Crippen molar-refractivity contribution in [1.29, 1.82) is 5.26 Å². The van der Waals surface area contributed by atoms with Crippen molar-refractivity contribution in [3.8, 4) is 6.07 Å². The van der Waals surface area contributed by atoms with Gasteiger partial charge in [-0.05, 0) is 44.5 Å². The fraction of sp³-hybridized carbons (Fsp3) is 0.267. The van der Waals surface area contributed by atoms with Gasteiger partial charge in [0.25, 0.3) is 10.9 Å². The van der Waals surface area contributed by atoms with Gasteiger partial charge in [0.15, 0.2) is 0 Å². The second-order valence-corrected chi connectivity index (χ2v) is 4.97. The predicted molar refractivity (Wildman–Crippen MR) is 79.3 cm³/mol. The smallest absolute Gasteiger partial charge is 0.253 e. The molecular formula is C15H15N3O2. The highest BCUT2D eigenvalue weighted by Crippen LogP contribution is 2.23. The Kier molecular flexibility index (Phi) is 3.57. The van der Waals surface area contributed by atoms with E-state index in [2.05, 4.69) is 16.7 Å². The van der Waals surface area contributed by atoms with Crippen LogP contribution in [0.1, 0.15) is 25.0 Å². The van der Waals surface area contributed by atoms with Gasteiger partial charge in [0.2, 0.25) is 0 Å². The van der Waals surface area contributed by atoms with E-state index in [0.717, 1.165) is 5.56 Å². The fourth-order valence-corrected chi connectivity index (χ4v) is 1.95. The molecule has 0 radical (unpaired) electrons. The van der Waals surface area contributed by atoms with Gasteiger partial charge in [-0.15, -0.1) is 0 Å². The van der Waals surface area contributed by atoms with Crippen LogP contribution in [0.25, 0.3) is 0 Å². The zero-order valence-electron chi connectivity index (χ0n) is 11.6. The Morgan fingerprint density at radius 3 is 2.35 bits per heavy atom. The van der Waals surface area contributed by atoms with E-state index in [1.165, 1.54) is 0 Å². The molecule has 20 heavy (non-hydrogen) atoms. The highest BCUT2D eigenvalue weighted by molar-refractivity contribution is 5.79.